The van der Waals surface area contributed by atoms with Crippen LogP contribution in [0.5, 0.6) is 5.75 Å². The van der Waals surface area contributed by atoms with E-state index >= 15 is 0 Å². The van der Waals surface area contributed by atoms with Gasteiger partial charge in [-0.25, -0.2) is 0 Å². The van der Waals surface area contributed by atoms with E-state index in [2.05, 4.69) is 15.6 Å². The molecule has 164 valence electrons. The molecule has 0 saturated carbocycles. The van der Waals surface area contributed by atoms with E-state index in [1.54, 1.807) is 18.0 Å². The summed E-state index contributed by atoms with van der Waals surface area (Å²) in [7, 11) is 1.69. The van der Waals surface area contributed by atoms with Gasteiger partial charge in [-0.15, -0.1) is 0 Å². The Morgan fingerprint density at radius 1 is 1.26 bits per heavy atom. The third-order valence-corrected chi connectivity index (χ3v) is 4.88. The van der Waals surface area contributed by atoms with Crippen LogP contribution < -0.4 is 15.4 Å². The first-order valence-electron chi connectivity index (χ1n) is 9.46. The van der Waals surface area contributed by atoms with Crippen LogP contribution in [0.15, 0.2) is 60.1 Å². The number of aromatic nitrogens is 1. The molecule has 2 aromatic rings. The second-order valence-corrected chi connectivity index (χ2v) is 7.30. The minimum Gasteiger partial charge on any atom is -0.482 e. The van der Waals surface area contributed by atoms with Gasteiger partial charge in [0.15, 0.2) is 6.61 Å². The topological polar surface area (TPSA) is 66.5 Å². The maximum atomic E-state index is 12.8. The van der Waals surface area contributed by atoms with Crippen molar-refractivity contribution in [3.05, 3.63) is 65.6 Å². The zero-order valence-electron chi connectivity index (χ0n) is 16.7. The Morgan fingerprint density at radius 3 is 2.71 bits per heavy atom. The molecule has 0 fully saturated rings. The number of alkyl halides is 3. The summed E-state index contributed by atoms with van der Waals surface area (Å²) in [6.45, 7) is -0.764. The molecular weight excluding hydrogens is 429 g/mol. The third-order valence-electron chi connectivity index (χ3n) is 4.57. The van der Waals surface area contributed by atoms with Crippen LogP contribution in [0.2, 0.25) is 0 Å². The van der Waals surface area contributed by atoms with E-state index in [0.717, 1.165) is 5.69 Å². The van der Waals surface area contributed by atoms with Crippen LogP contribution in [0.1, 0.15) is 12.0 Å². The lowest BCUT2D eigenvalue weighted by Gasteiger charge is -2.29. The Morgan fingerprint density at radius 2 is 2.00 bits per heavy atom. The van der Waals surface area contributed by atoms with Gasteiger partial charge in [0.1, 0.15) is 10.7 Å². The number of carbonyl (C=O) groups excluding carboxylic acids is 1. The van der Waals surface area contributed by atoms with E-state index in [9.17, 15) is 18.0 Å². The number of ether oxygens (including phenoxy) is 1. The fourth-order valence-corrected chi connectivity index (χ4v) is 3.33. The summed E-state index contributed by atoms with van der Waals surface area (Å²) in [5, 5.41) is 6.22. The number of amides is 1. The van der Waals surface area contributed by atoms with Crippen molar-refractivity contribution in [1.29, 1.82) is 0 Å². The quantitative estimate of drug-likeness (QED) is 0.628. The van der Waals surface area contributed by atoms with Crippen LogP contribution in [0.25, 0.3) is 0 Å². The molecule has 31 heavy (non-hydrogen) atoms. The average molecular weight is 450 g/mol. The number of carbonyl (C=O) groups is 1. The number of rotatable bonds is 7. The highest BCUT2D eigenvalue weighted by Crippen LogP contribution is 2.24. The second kappa shape index (κ2) is 9.78. The van der Waals surface area contributed by atoms with Crippen LogP contribution in [0.4, 0.5) is 18.9 Å². The van der Waals surface area contributed by atoms with E-state index in [-0.39, 0.29) is 23.2 Å². The van der Waals surface area contributed by atoms with Gasteiger partial charge in [-0.1, -0.05) is 30.4 Å². The van der Waals surface area contributed by atoms with E-state index in [1.165, 1.54) is 12.4 Å². The highest BCUT2D eigenvalue weighted by molar-refractivity contribution is 7.81. The number of likely N-dealkylation sites (N-methyl/N-ethyl adjacent to an activating group) is 1. The predicted octanol–water partition coefficient (Wildman–Crippen LogP) is 3.67. The number of hydrogen-bond donors (Lipinski definition) is 2. The molecule has 6 nitrogen and oxygen atoms in total. The normalized spacial score (nSPS) is 14.5. The highest BCUT2D eigenvalue weighted by atomic mass is 32.1. The summed E-state index contributed by atoms with van der Waals surface area (Å²) >= 11 is 5.49. The van der Waals surface area contributed by atoms with Gasteiger partial charge in [-0.05, 0) is 18.2 Å². The number of hydrogen-bond acceptors (Lipinski definition) is 5. The Balaban J connectivity index is 1.79. The van der Waals surface area contributed by atoms with E-state index in [0.29, 0.717) is 29.8 Å². The van der Waals surface area contributed by atoms with Crippen LogP contribution >= 0.6 is 12.2 Å². The van der Waals surface area contributed by atoms with Gasteiger partial charge in [0, 0.05) is 49.7 Å². The van der Waals surface area contributed by atoms with Gasteiger partial charge in [-0.2, -0.15) is 13.2 Å². The number of para-hydroxylation sites is 1. The van der Waals surface area contributed by atoms with Crippen molar-refractivity contribution < 1.29 is 22.7 Å². The lowest BCUT2D eigenvalue weighted by molar-refractivity contribution is -0.153. The van der Waals surface area contributed by atoms with Gasteiger partial charge in [0.2, 0.25) is 0 Å². The van der Waals surface area contributed by atoms with E-state index < -0.39 is 12.8 Å². The monoisotopic (exact) mass is 450 g/mol. The van der Waals surface area contributed by atoms with Crippen molar-refractivity contribution in [2.45, 2.75) is 19.1 Å². The fourth-order valence-electron chi connectivity index (χ4n) is 3.00. The zero-order chi connectivity index (χ0) is 22.4. The number of nitrogens with one attached hydrogen (secondary N) is 2. The molecule has 1 aromatic carbocycles. The molecule has 10 heteroatoms. The van der Waals surface area contributed by atoms with Crippen LogP contribution in [-0.2, 0) is 11.3 Å². The maximum Gasteiger partial charge on any atom is 0.422 e. The summed E-state index contributed by atoms with van der Waals surface area (Å²) in [4.78, 5) is 18.5. The van der Waals surface area contributed by atoms with Crippen LogP contribution in [0.3, 0.4) is 0 Å². The fraction of sp³-hybridized carbons (Fsp3) is 0.286. The largest absolute Gasteiger partial charge is 0.482 e. The molecule has 2 heterocycles. The van der Waals surface area contributed by atoms with Crippen molar-refractivity contribution in [2.75, 3.05) is 25.5 Å². The van der Waals surface area contributed by atoms with Crippen molar-refractivity contribution in [1.82, 2.24) is 15.2 Å². The van der Waals surface area contributed by atoms with Crippen LogP contribution in [0, 0.1) is 0 Å². The first kappa shape index (κ1) is 22.5. The van der Waals surface area contributed by atoms with Gasteiger partial charge in [0.05, 0.1) is 11.8 Å². The Bertz CT molecular complexity index is 980. The summed E-state index contributed by atoms with van der Waals surface area (Å²) in [5.41, 5.74) is 2.19. The first-order valence-corrected chi connectivity index (χ1v) is 9.87. The molecule has 0 spiro atoms. The molecule has 3 rings (SSSR count). The zero-order valence-corrected chi connectivity index (χ0v) is 17.5. The van der Waals surface area contributed by atoms with E-state index in [1.807, 2.05) is 30.3 Å². The predicted molar refractivity (Wildman–Crippen MR) is 115 cm³/mol. The maximum absolute atomic E-state index is 12.8. The molecule has 0 aliphatic carbocycles. The van der Waals surface area contributed by atoms with Crippen molar-refractivity contribution in [3.63, 3.8) is 0 Å². The molecule has 1 aromatic heterocycles. The standard InChI is InChI=1S/C21H21F3N4O2S/c1-28-10-8-16(18(20(28)29)19(31)27-15-5-3-2-4-6-15)26-11-14-7-9-25-12-17(14)30-13-21(22,23)24/h2-7,9,12,26H,8,10-11,13H2,1H3,(H,27,31). The number of thiocarbonyl (C=S) groups is 1. The minimum atomic E-state index is -4.45. The van der Waals surface area contributed by atoms with Crippen molar-refractivity contribution in [2.24, 2.45) is 0 Å². The first-order chi connectivity index (χ1) is 14.7. The molecule has 1 aliphatic rings. The van der Waals surface area contributed by atoms with Crippen LogP contribution in [-0.4, -0.2) is 47.2 Å². The van der Waals surface area contributed by atoms with Crippen molar-refractivity contribution >= 4 is 28.8 Å². The molecule has 0 radical (unpaired) electrons. The SMILES string of the molecule is CN1CCC(NCc2ccncc2OCC(F)(F)F)=C(C(=S)Nc2ccccc2)C1=O. The summed E-state index contributed by atoms with van der Waals surface area (Å²) in [6, 6.07) is 10.8. The number of anilines is 1. The molecule has 0 bridgehead atoms. The Labute approximate surface area is 183 Å². The van der Waals surface area contributed by atoms with Gasteiger partial charge < -0.3 is 20.3 Å². The summed E-state index contributed by atoms with van der Waals surface area (Å²) in [5.74, 6) is -0.204. The smallest absolute Gasteiger partial charge is 0.422 e. The minimum absolute atomic E-state index is 0.0266. The molecule has 0 unspecified atom stereocenters. The molecule has 0 saturated heterocycles. The van der Waals surface area contributed by atoms with Crippen molar-refractivity contribution in [3.8, 4) is 5.75 Å². The number of nitrogens with zero attached hydrogens (tertiary/aromatic N) is 2. The number of pyridine rings is 1. The molecule has 1 amide bonds. The Kier molecular flexibility index (Phi) is 7.11. The lowest BCUT2D eigenvalue weighted by Crippen LogP contribution is -2.40. The number of halogens is 3. The summed E-state index contributed by atoms with van der Waals surface area (Å²) in [6.07, 6.45) is -1.22. The highest BCUT2D eigenvalue weighted by Gasteiger charge is 2.30. The molecule has 1 aliphatic heterocycles. The Hall–Kier alpha value is -3.14. The second-order valence-electron chi connectivity index (χ2n) is 6.89. The third kappa shape index (κ3) is 6.17. The lowest BCUT2D eigenvalue weighted by atomic mass is 10.0. The molecular formula is C21H21F3N4O2S. The number of benzene rings is 1. The van der Waals surface area contributed by atoms with Gasteiger partial charge in [-0.3, -0.25) is 9.78 Å². The van der Waals surface area contributed by atoms with E-state index in [4.69, 9.17) is 17.0 Å². The molecule has 0 atom stereocenters. The average Bonchev–Trinajstić information content (AvgIpc) is 2.73. The van der Waals surface area contributed by atoms with Gasteiger partial charge in [0.25, 0.3) is 5.91 Å². The molecule has 2 N–H and O–H groups in total. The van der Waals surface area contributed by atoms with Gasteiger partial charge >= 0.3 is 6.18 Å². The summed E-state index contributed by atoms with van der Waals surface area (Å²) < 4.78 is 42.4.